The van der Waals surface area contributed by atoms with Gasteiger partial charge in [0.25, 0.3) is 11.5 Å². The maximum Gasteiger partial charge on any atom is 0.268 e. The quantitative estimate of drug-likeness (QED) is 0.704. The molecule has 2 amide bonds. The minimum Gasteiger partial charge on any atom is -0.366 e. The van der Waals surface area contributed by atoms with Crippen LogP contribution in [0.5, 0.6) is 0 Å². The summed E-state index contributed by atoms with van der Waals surface area (Å²) in [6, 6.07) is 11.2. The summed E-state index contributed by atoms with van der Waals surface area (Å²) in [6.45, 7) is 1.63. The van der Waals surface area contributed by atoms with Gasteiger partial charge in [0.15, 0.2) is 0 Å². The predicted octanol–water partition coefficient (Wildman–Crippen LogP) is 3.29. The van der Waals surface area contributed by atoms with E-state index < -0.39 is 23.2 Å². The first-order chi connectivity index (χ1) is 13.3. The number of anilines is 1. The average Bonchev–Trinajstić information content (AvgIpc) is 2.64. The number of halogens is 2. The Hall–Kier alpha value is -3.45. The third kappa shape index (κ3) is 3.79. The molecule has 0 aliphatic heterocycles. The van der Waals surface area contributed by atoms with Crippen molar-refractivity contribution in [3.05, 3.63) is 92.6 Å². The lowest BCUT2D eigenvalue weighted by Crippen LogP contribution is -2.29. The highest BCUT2D eigenvalue weighted by Crippen LogP contribution is 2.21. The fourth-order valence-corrected chi connectivity index (χ4v) is 2.90. The number of nitrogens with zero attached hydrogens (tertiary/aromatic N) is 1. The smallest absolute Gasteiger partial charge is 0.268 e. The van der Waals surface area contributed by atoms with Crippen molar-refractivity contribution in [2.45, 2.75) is 6.92 Å². The van der Waals surface area contributed by atoms with Gasteiger partial charge in [-0.2, -0.15) is 0 Å². The van der Waals surface area contributed by atoms with Gasteiger partial charge in [0, 0.05) is 17.6 Å². The van der Waals surface area contributed by atoms with E-state index in [-0.39, 0.29) is 21.8 Å². The van der Waals surface area contributed by atoms with Crippen LogP contribution in [0, 0.1) is 12.7 Å². The number of aryl methyl sites for hydroxylation is 1. The van der Waals surface area contributed by atoms with Gasteiger partial charge in [0.05, 0.1) is 10.6 Å². The largest absolute Gasteiger partial charge is 0.366 e. The molecule has 3 N–H and O–H groups in total. The number of hydrogen-bond acceptors (Lipinski definition) is 3. The molecule has 0 bridgehead atoms. The Bertz CT molecular complexity index is 1140. The van der Waals surface area contributed by atoms with Gasteiger partial charge in [0.1, 0.15) is 11.4 Å². The summed E-state index contributed by atoms with van der Waals surface area (Å²) in [4.78, 5) is 37.0. The van der Waals surface area contributed by atoms with Crippen LogP contribution in [0.3, 0.4) is 0 Å². The van der Waals surface area contributed by atoms with Crippen molar-refractivity contribution in [1.29, 1.82) is 0 Å². The van der Waals surface area contributed by atoms with Crippen molar-refractivity contribution < 1.29 is 14.0 Å². The molecule has 142 valence electrons. The van der Waals surface area contributed by atoms with Crippen LogP contribution >= 0.6 is 11.6 Å². The van der Waals surface area contributed by atoms with Gasteiger partial charge in [-0.15, -0.1) is 0 Å². The summed E-state index contributed by atoms with van der Waals surface area (Å²) in [5, 5.41) is 2.72. The van der Waals surface area contributed by atoms with Crippen molar-refractivity contribution in [3.63, 3.8) is 0 Å². The van der Waals surface area contributed by atoms with Crippen molar-refractivity contribution in [2.75, 3.05) is 5.32 Å². The lowest BCUT2D eigenvalue weighted by Gasteiger charge is -2.12. The average molecular weight is 400 g/mol. The van der Waals surface area contributed by atoms with Gasteiger partial charge >= 0.3 is 0 Å². The van der Waals surface area contributed by atoms with E-state index in [4.69, 9.17) is 17.3 Å². The second kappa shape index (κ2) is 7.66. The van der Waals surface area contributed by atoms with E-state index >= 15 is 0 Å². The molecule has 3 aromatic rings. The number of nitrogens with two attached hydrogens (primary N) is 1. The van der Waals surface area contributed by atoms with E-state index in [0.717, 1.165) is 0 Å². The number of aromatic nitrogens is 1. The molecule has 1 aromatic heterocycles. The lowest BCUT2D eigenvalue weighted by atomic mass is 10.1. The highest BCUT2D eigenvalue weighted by molar-refractivity contribution is 6.34. The van der Waals surface area contributed by atoms with Crippen molar-refractivity contribution in [2.24, 2.45) is 5.73 Å². The zero-order valence-corrected chi connectivity index (χ0v) is 15.5. The highest BCUT2D eigenvalue weighted by Gasteiger charge is 2.18. The molecule has 0 saturated carbocycles. The van der Waals surface area contributed by atoms with Crippen LogP contribution in [0.25, 0.3) is 5.69 Å². The number of benzene rings is 2. The topological polar surface area (TPSA) is 94.2 Å². The Labute approximate surface area is 164 Å². The molecule has 2 aromatic carbocycles. The molecule has 6 nitrogen and oxygen atoms in total. The van der Waals surface area contributed by atoms with E-state index in [1.807, 2.05) is 0 Å². The fourth-order valence-electron chi connectivity index (χ4n) is 2.69. The van der Waals surface area contributed by atoms with Gasteiger partial charge in [-0.3, -0.25) is 19.0 Å². The molecule has 0 radical (unpaired) electrons. The molecule has 8 heteroatoms. The van der Waals surface area contributed by atoms with Gasteiger partial charge < -0.3 is 11.1 Å². The predicted molar refractivity (Wildman–Crippen MR) is 105 cm³/mol. The standard InChI is InChI=1S/C20H15ClFN3O3/c1-11-8-9-25(14-5-2-12(22)3-6-14)20(28)17(11)19(27)24-13-4-7-16(21)15(10-13)18(23)26/h2-10H,1H3,(H2,23,26)(H,24,27). The van der Waals surface area contributed by atoms with Gasteiger partial charge in [-0.1, -0.05) is 11.6 Å². The molecular weight excluding hydrogens is 385 g/mol. The molecular formula is C20H15ClFN3O3. The molecule has 0 fully saturated rings. The molecule has 1 heterocycles. The van der Waals surface area contributed by atoms with Crippen LogP contribution in [-0.2, 0) is 0 Å². The van der Waals surface area contributed by atoms with Gasteiger partial charge in [-0.05, 0) is 61.0 Å². The lowest BCUT2D eigenvalue weighted by molar-refractivity contribution is 0.0996. The summed E-state index contributed by atoms with van der Waals surface area (Å²) in [7, 11) is 0. The number of nitrogens with one attached hydrogen (secondary N) is 1. The molecule has 3 rings (SSSR count). The zero-order chi connectivity index (χ0) is 20.4. The second-order valence-electron chi connectivity index (χ2n) is 6.04. The minimum atomic E-state index is -0.740. The van der Waals surface area contributed by atoms with Gasteiger partial charge in [-0.25, -0.2) is 4.39 Å². The Morgan fingerprint density at radius 1 is 1.11 bits per heavy atom. The second-order valence-corrected chi connectivity index (χ2v) is 6.45. The van der Waals surface area contributed by atoms with Crippen LogP contribution in [0.1, 0.15) is 26.3 Å². The first-order valence-electron chi connectivity index (χ1n) is 8.17. The van der Waals surface area contributed by atoms with E-state index in [1.54, 1.807) is 13.0 Å². The molecule has 0 atom stereocenters. The van der Waals surface area contributed by atoms with E-state index in [1.165, 1.54) is 53.2 Å². The maximum absolute atomic E-state index is 13.1. The Morgan fingerprint density at radius 2 is 1.79 bits per heavy atom. The molecule has 0 aliphatic carbocycles. The summed E-state index contributed by atoms with van der Waals surface area (Å²) in [6.07, 6.45) is 1.51. The first-order valence-corrected chi connectivity index (χ1v) is 8.54. The number of amides is 2. The van der Waals surface area contributed by atoms with Crippen LogP contribution in [0.4, 0.5) is 10.1 Å². The minimum absolute atomic E-state index is 0.0490. The van der Waals surface area contributed by atoms with Gasteiger partial charge in [0.2, 0.25) is 5.91 Å². The normalized spacial score (nSPS) is 10.5. The number of pyridine rings is 1. The molecule has 0 saturated heterocycles. The van der Waals surface area contributed by atoms with Crippen LogP contribution in [0.2, 0.25) is 5.02 Å². The maximum atomic E-state index is 13.1. The van der Waals surface area contributed by atoms with Crippen molar-refractivity contribution in [1.82, 2.24) is 4.57 Å². The summed E-state index contributed by atoms with van der Waals surface area (Å²) < 4.78 is 14.4. The number of carbonyl (C=O) groups excluding carboxylic acids is 2. The van der Waals surface area contributed by atoms with E-state index in [2.05, 4.69) is 5.32 Å². The summed E-state index contributed by atoms with van der Waals surface area (Å²) in [5.74, 6) is -1.83. The SMILES string of the molecule is Cc1ccn(-c2ccc(F)cc2)c(=O)c1C(=O)Nc1ccc(Cl)c(C(N)=O)c1. The molecule has 0 aliphatic rings. The molecule has 0 unspecified atom stereocenters. The van der Waals surface area contributed by atoms with Crippen molar-refractivity contribution >= 4 is 29.1 Å². The summed E-state index contributed by atoms with van der Waals surface area (Å²) in [5.41, 5.74) is 5.80. The third-order valence-corrected chi connectivity index (χ3v) is 4.45. The van der Waals surface area contributed by atoms with Crippen LogP contribution < -0.4 is 16.6 Å². The first kappa shape index (κ1) is 19.3. The molecule has 0 spiro atoms. The highest BCUT2D eigenvalue weighted by atomic mass is 35.5. The zero-order valence-electron chi connectivity index (χ0n) is 14.7. The Kier molecular flexibility index (Phi) is 5.28. The third-order valence-electron chi connectivity index (χ3n) is 4.12. The number of primary amides is 1. The Balaban J connectivity index is 1.99. The monoisotopic (exact) mass is 399 g/mol. The summed E-state index contributed by atoms with van der Waals surface area (Å²) >= 11 is 5.90. The van der Waals surface area contributed by atoms with Crippen molar-refractivity contribution in [3.8, 4) is 5.69 Å². The van der Waals surface area contributed by atoms with E-state index in [0.29, 0.717) is 11.3 Å². The number of rotatable bonds is 4. The fraction of sp³-hybridized carbons (Fsp3) is 0.0500. The van der Waals surface area contributed by atoms with Crippen LogP contribution in [-0.4, -0.2) is 16.4 Å². The van der Waals surface area contributed by atoms with E-state index in [9.17, 15) is 18.8 Å². The number of hydrogen-bond donors (Lipinski definition) is 2. The Morgan fingerprint density at radius 3 is 2.43 bits per heavy atom. The van der Waals surface area contributed by atoms with Crippen LogP contribution in [0.15, 0.2) is 59.5 Å². The number of carbonyl (C=O) groups is 2. The molecule has 28 heavy (non-hydrogen) atoms.